The van der Waals surface area contributed by atoms with Crippen LogP contribution in [0.25, 0.3) is 0 Å². The maximum Gasteiger partial charge on any atom is 0.257 e. The summed E-state index contributed by atoms with van der Waals surface area (Å²) in [6.07, 6.45) is 2.47. The predicted octanol–water partition coefficient (Wildman–Crippen LogP) is 1.17. The molecule has 1 aliphatic rings. The molecule has 86 valence electrons. The molecule has 1 saturated carbocycles. The van der Waals surface area contributed by atoms with Crippen molar-refractivity contribution in [2.24, 2.45) is 5.92 Å². The number of ether oxygens (including phenoxy) is 1. The summed E-state index contributed by atoms with van der Waals surface area (Å²) in [7, 11) is 0. The second kappa shape index (κ2) is 4.88. The van der Waals surface area contributed by atoms with E-state index in [1.165, 1.54) is 12.8 Å². The van der Waals surface area contributed by atoms with Crippen LogP contribution >= 0.6 is 0 Å². The minimum Gasteiger partial charge on any atom is -0.484 e. The molecule has 1 aromatic carbocycles. The monoisotopic (exact) mass is 220 g/mol. The Morgan fingerprint density at radius 2 is 2.06 bits per heavy atom. The number of nitrogen functional groups attached to an aromatic ring is 1. The van der Waals surface area contributed by atoms with E-state index in [4.69, 9.17) is 10.5 Å². The second-order valence-corrected chi connectivity index (χ2v) is 4.11. The van der Waals surface area contributed by atoms with Gasteiger partial charge in [0.15, 0.2) is 6.61 Å². The highest BCUT2D eigenvalue weighted by Crippen LogP contribution is 2.27. The number of carbonyl (C=O) groups is 1. The number of benzene rings is 1. The van der Waals surface area contributed by atoms with Crippen molar-refractivity contribution >= 4 is 11.6 Å². The van der Waals surface area contributed by atoms with Gasteiger partial charge in [-0.1, -0.05) is 0 Å². The quantitative estimate of drug-likeness (QED) is 0.732. The zero-order chi connectivity index (χ0) is 11.4. The molecule has 0 atom stereocenters. The summed E-state index contributed by atoms with van der Waals surface area (Å²) >= 11 is 0. The van der Waals surface area contributed by atoms with Gasteiger partial charge in [-0.3, -0.25) is 4.79 Å². The molecule has 1 aliphatic carbocycles. The summed E-state index contributed by atoms with van der Waals surface area (Å²) in [5.74, 6) is 1.29. The Labute approximate surface area is 94.8 Å². The lowest BCUT2D eigenvalue weighted by Crippen LogP contribution is -2.30. The lowest BCUT2D eigenvalue weighted by atomic mass is 10.3. The van der Waals surface area contributed by atoms with E-state index < -0.39 is 0 Å². The Balaban J connectivity index is 1.69. The molecule has 0 heterocycles. The number of rotatable bonds is 5. The summed E-state index contributed by atoms with van der Waals surface area (Å²) in [6.45, 7) is 0.848. The number of carbonyl (C=O) groups excluding carboxylic acids is 1. The van der Waals surface area contributed by atoms with Crippen LogP contribution in [0.3, 0.4) is 0 Å². The van der Waals surface area contributed by atoms with Crippen LogP contribution in [-0.2, 0) is 4.79 Å². The molecule has 1 amide bonds. The Bertz CT molecular complexity index is 358. The summed E-state index contributed by atoms with van der Waals surface area (Å²) in [5, 5.41) is 2.84. The summed E-state index contributed by atoms with van der Waals surface area (Å²) in [4.78, 5) is 11.4. The molecule has 0 aliphatic heterocycles. The van der Waals surface area contributed by atoms with Crippen molar-refractivity contribution in [1.29, 1.82) is 0 Å². The summed E-state index contributed by atoms with van der Waals surface area (Å²) < 4.78 is 5.31. The van der Waals surface area contributed by atoms with Crippen molar-refractivity contribution in [2.45, 2.75) is 12.8 Å². The first-order chi connectivity index (χ1) is 7.74. The highest BCUT2D eigenvalue weighted by atomic mass is 16.5. The number of hydrogen-bond acceptors (Lipinski definition) is 3. The topological polar surface area (TPSA) is 64.3 Å². The van der Waals surface area contributed by atoms with Crippen LogP contribution in [0.4, 0.5) is 5.69 Å². The first-order valence-corrected chi connectivity index (χ1v) is 5.49. The number of nitrogens with two attached hydrogens (primary N) is 1. The molecule has 1 fully saturated rings. The Hall–Kier alpha value is -1.71. The van der Waals surface area contributed by atoms with Gasteiger partial charge in [-0.2, -0.15) is 0 Å². The van der Waals surface area contributed by atoms with E-state index in [2.05, 4.69) is 5.32 Å². The van der Waals surface area contributed by atoms with E-state index in [0.29, 0.717) is 17.4 Å². The second-order valence-electron chi connectivity index (χ2n) is 4.11. The molecule has 0 saturated heterocycles. The third-order valence-electron chi connectivity index (χ3n) is 2.53. The zero-order valence-corrected chi connectivity index (χ0v) is 9.11. The fourth-order valence-electron chi connectivity index (χ4n) is 1.34. The largest absolute Gasteiger partial charge is 0.484 e. The van der Waals surface area contributed by atoms with Crippen LogP contribution in [0.15, 0.2) is 24.3 Å². The normalized spacial score (nSPS) is 14.5. The van der Waals surface area contributed by atoms with Gasteiger partial charge in [0.1, 0.15) is 5.75 Å². The molecule has 0 bridgehead atoms. The van der Waals surface area contributed by atoms with E-state index in [9.17, 15) is 4.79 Å². The first kappa shape index (κ1) is 10.8. The van der Waals surface area contributed by atoms with Crippen LogP contribution in [0, 0.1) is 5.92 Å². The molecular weight excluding hydrogens is 204 g/mol. The molecule has 4 heteroatoms. The Kier molecular flexibility index (Phi) is 3.29. The van der Waals surface area contributed by atoms with Gasteiger partial charge in [-0.05, 0) is 43.0 Å². The standard InChI is InChI=1S/C12H16N2O2/c13-10-3-5-11(6-4-10)16-8-12(15)14-7-9-1-2-9/h3-6,9H,1-2,7-8,13H2,(H,14,15). The molecule has 16 heavy (non-hydrogen) atoms. The van der Waals surface area contributed by atoms with Crippen molar-refractivity contribution in [2.75, 3.05) is 18.9 Å². The highest BCUT2D eigenvalue weighted by molar-refractivity contribution is 5.77. The van der Waals surface area contributed by atoms with Gasteiger partial charge in [0.05, 0.1) is 0 Å². The average molecular weight is 220 g/mol. The minimum atomic E-state index is -0.0660. The van der Waals surface area contributed by atoms with Crippen LogP contribution in [0.2, 0.25) is 0 Å². The van der Waals surface area contributed by atoms with Gasteiger partial charge in [0.25, 0.3) is 5.91 Å². The highest BCUT2D eigenvalue weighted by Gasteiger charge is 2.21. The Morgan fingerprint density at radius 1 is 1.38 bits per heavy atom. The Morgan fingerprint density at radius 3 is 2.69 bits per heavy atom. The molecule has 0 spiro atoms. The average Bonchev–Trinajstić information content (AvgIpc) is 3.09. The van der Waals surface area contributed by atoms with Crippen molar-refractivity contribution in [3.8, 4) is 5.75 Å². The van der Waals surface area contributed by atoms with Crippen molar-refractivity contribution in [3.63, 3.8) is 0 Å². The molecule has 0 unspecified atom stereocenters. The molecule has 4 nitrogen and oxygen atoms in total. The van der Waals surface area contributed by atoms with Crippen molar-refractivity contribution < 1.29 is 9.53 Å². The van der Waals surface area contributed by atoms with Crippen molar-refractivity contribution in [3.05, 3.63) is 24.3 Å². The fourth-order valence-corrected chi connectivity index (χ4v) is 1.34. The van der Waals surface area contributed by atoms with E-state index in [-0.39, 0.29) is 12.5 Å². The lowest BCUT2D eigenvalue weighted by molar-refractivity contribution is -0.123. The number of nitrogens with one attached hydrogen (secondary N) is 1. The third-order valence-corrected chi connectivity index (χ3v) is 2.53. The van der Waals surface area contributed by atoms with Crippen LogP contribution in [0.5, 0.6) is 5.75 Å². The van der Waals surface area contributed by atoms with Gasteiger partial charge in [0.2, 0.25) is 0 Å². The SMILES string of the molecule is Nc1ccc(OCC(=O)NCC2CC2)cc1. The molecular formula is C12H16N2O2. The van der Waals surface area contributed by atoms with Gasteiger partial charge in [0, 0.05) is 12.2 Å². The molecule has 2 rings (SSSR count). The third kappa shape index (κ3) is 3.46. The van der Waals surface area contributed by atoms with Crippen LogP contribution in [-0.4, -0.2) is 19.1 Å². The van der Waals surface area contributed by atoms with Gasteiger partial charge < -0.3 is 15.8 Å². The smallest absolute Gasteiger partial charge is 0.257 e. The summed E-state index contributed by atoms with van der Waals surface area (Å²) in [5.41, 5.74) is 6.22. The van der Waals surface area contributed by atoms with E-state index in [0.717, 1.165) is 6.54 Å². The number of anilines is 1. The van der Waals surface area contributed by atoms with Gasteiger partial charge >= 0.3 is 0 Å². The zero-order valence-electron chi connectivity index (χ0n) is 9.11. The van der Waals surface area contributed by atoms with Crippen LogP contribution in [0.1, 0.15) is 12.8 Å². The molecule has 0 aromatic heterocycles. The summed E-state index contributed by atoms with van der Waals surface area (Å²) in [6, 6.07) is 7.00. The van der Waals surface area contributed by atoms with Crippen LogP contribution < -0.4 is 15.8 Å². The number of hydrogen-bond donors (Lipinski definition) is 2. The molecule has 3 N–H and O–H groups in total. The van der Waals surface area contributed by atoms with Gasteiger partial charge in [-0.15, -0.1) is 0 Å². The van der Waals surface area contributed by atoms with Gasteiger partial charge in [-0.25, -0.2) is 0 Å². The van der Waals surface area contributed by atoms with Crippen molar-refractivity contribution in [1.82, 2.24) is 5.32 Å². The predicted molar refractivity (Wildman–Crippen MR) is 62.1 cm³/mol. The molecule has 0 radical (unpaired) electrons. The first-order valence-electron chi connectivity index (χ1n) is 5.49. The molecule has 1 aromatic rings. The maximum absolute atomic E-state index is 11.4. The van der Waals surface area contributed by atoms with E-state index in [1.807, 2.05) is 0 Å². The van der Waals surface area contributed by atoms with E-state index >= 15 is 0 Å². The maximum atomic E-state index is 11.4. The minimum absolute atomic E-state index is 0.0660. The number of amides is 1. The lowest BCUT2D eigenvalue weighted by Gasteiger charge is -2.06. The fraction of sp³-hybridized carbons (Fsp3) is 0.417. The van der Waals surface area contributed by atoms with E-state index in [1.54, 1.807) is 24.3 Å².